The van der Waals surface area contributed by atoms with Gasteiger partial charge < -0.3 is 10.1 Å². The fourth-order valence-corrected chi connectivity index (χ4v) is 2.82. The van der Waals surface area contributed by atoms with Gasteiger partial charge in [0.1, 0.15) is 0 Å². The van der Waals surface area contributed by atoms with Gasteiger partial charge in [0.25, 0.3) is 0 Å². The second kappa shape index (κ2) is 3.48. The topological polar surface area (TPSA) is 75.1 Å². The summed E-state index contributed by atoms with van der Waals surface area (Å²) in [7, 11) is 1.67. The van der Waals surface area contributed by atoms with Gasteiger partial charge in [0.2, 0.25) is 0 Å². The third-order valence-electron chi connectivity index (χ3n) is 4.05. The number of rotatable bonds is 2. The van der Waals surface area contributed by atoms with Gasteiger partial charge in [0.15, 0.2) is 0 Å². The van der Waals surface area contributed by atoms with Gasteiger partial charge in [-0.15, -0.1) is 0 Å². The van der Waals surface area contributed by atoms with Crippen molar-refractivity contribution in [3.05, 3.63) is 34.2 Å². The molecule has 0 unspecified atom stereocenters. The maximum Gasteiger partial charge on any atom is 0.326 e. The second-order valence-corrected chi connectivity index (χ2v) is 4.93. The third-order valence-corrected chi connectivity index (χ3v) is 4.05. The standard InChI is InChI=1S/C13H14N2O3/c1-15-10-8(13(11(16)17)6-3-7-13)4-2-5-9(10)14-12(15)18/h2,4-5H,3,6-7H2,1H3,(H,14,18)(H,16,17). The van der Waals surface area contributed by atoms with E-state index in [9.17, 15) is 14.7 Å². The number of para-hydroxylation sites is 1. The minimum Gasteiger partial charge on any atom is -0.481 e. The number of fused-ring (bicyclic) bond motifs is 1. The number of H-pyrrole nitrogens is 1. The Balaban J connectivity index is 2.36. The number of aryl methyl sites for hydroxylation is 1. The van der Waals surface area contributed by atoms with Crippen molar-refractivity contribution in [2.45, 2.75) is 24.7 Å². The van der Waals surface area contributed by atoms with Crippen LogP contribution in [0.1, 0.15) is 24.8 Å². The monoisotopic (exact) mass is 246 g/mol. The van der Waals surface area contributed by atoms with Crippen molar-refractivity contribution in [2.24, 2.45) is 7.05 Å². The molecule has 94 valence electrons. The van der Waals surface area contributed by atoms with Gasteiger partial charge in [0.05, 0.1) is 16.4 Å². The maximum atomic E-state index is 11.7. The summed E-state index contributed by atoms with van der Waals surface area (Å²) in [6, 6.07) is 5.42. The summed E-state index contributed by atoms with van der Waals surface area (Å²) < 4.78 is 1.49. The zero-order valence-corrected chi connectivity index (χ0v) is 10.1. The molecule has 0 saturated heterocycles. The average Bonchev–Trinajstić information content (AvgIpc) is 2.53. The summed E-state index contributed by atoms with van der Waals surface area (Å²) in [4.78, 5) is 26.0. The van der Waals surface area contributed by atoms with Gasteiger partial charge in [-0.1, -0.05) is 18.6 Å². The lowest BCUT2D eigenvalue weighted by Crippen LogP contribution is -2.42. The van der Waals surface area contributed by atoms with E-state index in [1.807, 2.05) is 6.07 Å². The van der Waals surface area contributed by atoms with Crippen LogP contribution in [-0.4, -0.2) is 20.6 Å². The molecule has 1 aromatic heterocycles. The molecule has 3 rings (SSSR count). The fourth-order valence-electron chi connectivity index (χ4n) is 2.82. The second-order valence-electron chi connectivity index (χ2n) is 4.93. The molecule has 1 aliphatic rings. The Bertz CT molecular complexity index is 692. The van der Waals surface area contributed by atoms with E-state index in [1.165, 1.54) is 4.57 Å². The van der Waals surface area contributed by atoms with Crippen molar-refractivity contribution < 1.29 is 9.90 Å². The molecule has 5 heteroatoms. The Labute approximate surface area is 103 Å². The Morgan fingerprint density at radius 3 is 2.72 bits per heavy atom. The smallest absolute Gasteiger partial charge is 0.326 e. The van der Waals surface area contributed by atoms with Gasteiger partial charge >= 0.3 is 11.7 Å². The molecule has 5 nitrogen and oxygen atoms in total. The van der Waals surface area contributed by atoms with Crippen molar-refractivity contribution in [3.63, 3.8) is 0 Å². The van der Waals surface area contributed by atoms with Crippen molar-refractivity contribution >= 4 is 17.0 Å². The molecule has 2 N–H and O–H groups in total. The molecule has 0 radical (unpaired) electrons. The number of aliphatic carboxylic acids is 1. The van der Waals surface area contributed by atoms with Gasteiger partial charge in [-0.05, 0) is 24.5 Å². The lowest BCUT2D eigenvalue weighted by atomic mass is 9.64. The molecule has 2 aromatic rings. The Kier molecular flexibility index (Phi) is 2.14. The van der Waals surface area contributed by atoms with E-state index in [-0.39, 0.29) is 5.69 Å². The number of nitrogens with zero attached hydrogens (tertiary/aromatic N) is 1. The summed E-state index contributed by atoms with van der Waals surface area (Å²) >= 11 is 0. The van der Waals surface area contributed by atoms with Crippen LogP contribution in [0.3, 0.4) is 0 Å². The fraction of sp³-hybridized carbons (Fsp3) is 0.385. The number of benzene rings is 1. The van der Waals surface area contributed by atoms with Crippen LogP contribution in [0.4, 0.5) is 0 Å². The molecule has 0 atom stereocenters. The average molecular weight is 246 g/mol. The van der Waals surface area contributed by atoms with Gasteiger partial charge in [-0.3, -0.25) is 9.36 Å². The summed E-state index contributed by atoms with van der Waals surface area (Å²) in [5.74, 6) is -0.796. The first-order valence-corrected chi connectivity index (χ1v) is 5.98. The molecule has 1 heterocycles. The van der Waals surface area contributed by atoms with Crippen molar-refractivity contribution in [3.8, 4) is 0 Å². The lowest BCUT2D eigenvalue weighted by Gasteiger charge is -2.38. The summed E-state index contributed by atoms with van der Waals surface area (Å²) in [5.41, 5.74) is 1.14. The van der Waals surface area contributed by atoms with Gasteiger partial charge in [-0.2, -0.15) is 0 Å². The Hall–Kier alpha value is -2.04. The van der Waals surface area contributed by atoms with E-state index < -0.39 is 11.4 Å². The normalized spacial score (nSPS) is 17.6. The number of aromatic amines is 1. The van der Waals surface area contributed by atoms with E-state index >= 15 is 0 Å². The van der Waals surface area contributed by atoms with Crippen LogP contribution >= 0.6 is 0 Å². The molecule has 1 fully saturated rings. The molecule has 1 aromatic carbocycles. The van der Waals surface area contributed by atoms with Crippen molar-refractivity contribution in [2.75, 3.05) is 0 Å². The van der Waals surface area contributed by atoms with E-state index in [0.717, 1.165) is 12.0 Å². The molecule has 0 amide bonds. The largest absolute Gasteiger partial charge is 0.481 e. The number of hydrogen-bond acceptors (Lipinski definition) is 2. The highest BCUT2D eigenvalue weighted by Gasteiger charge is 2.47. The molecular formula is C13H14N2O3. The first-order valence-electron chi connectivity index (χ1n) is 5.98. The number of hydrogen-bond donors (Lipinski definition) is 2. The van der Waals surface area contributed by atoms with Crippen LogP contribution < -0.4 is 5.69 Å². The Morgan fingerprint density at radius 2 is 2.17 bits per heavy atom. The van der Waals surface area contributed by atoms with Crippen molar-refractivity contribution in [1.82, 2.24) is 9.55 Å². The zero-order valence-electron chi connectivity index (χ0n) is 10.1. The van der Waals surface area contributed by atoms with E-state index in [0.29, 0.717) is 23.9 Å². The number of carboxylic acid groups (broad SMARTS) is 1. The predicted molar refractivity (Wildman–Crippen MR) is 66.7 cm³/mol. The van der Waals surface area contributed by atoms with Crippen LogP contribution in [0.5, 0.6) is 0 Å². The molecule has 0 aliphatic heterocycles. The highest BCUT2D eigenvalue weighted by molar-refractivity contribution is 5.90. The number of carbonyl (C=O) groups is 1. The lowest BCUT2D eigenvalue weighted by molar-refractivity contribution is -0.147. The first kappa shape index (κ1) is 11.1. The summed E-state index contributed by atoms with van der Waals surface area (Å²) in [6.45, 7) is 0. The highest BCUT2D eigenvalue weighted by atomic mass is 16.4. The quantitative estimate of drug-likeness (QED) is 0.840. The summed E-state index contributed by atoms with van der Waals surface area (Å²) in [5, 5.41) is 9.50. The first-order chi connectivity index (χ1) is 8.56. The van der Waals surface area contributed by atoms with Crippen molar-refractivity contribution in [1.29, 1.82) is 0 Å². The maximum absolute atomic E-state index is 11.7. The van der Waals surface area contributed by atoms with E-state index in [2.05, 4.69) is 4.98 Å². The van der Waals surface area contributed by atoms with E-state index in [4.69, 9.17) is 0 Å². The number of nitrogens with one attached hydrogen (secondary N) is 1. The minimum atomic E-state index is -0.814. The third kappa shape index (κ3) is 1.21. The molecule has 1 aliphatic carbocycles. The van der Waals surface area contributed by atoms with Gasteiger partial charge in [0, 0.05) is 7.05 Å². The van der Waals surface area contributed by atoms with E-state index in [1.54, 1.807) is 19.2 Å². The SMILES string of the molecule is Cn1c(=O)[nH]c2cccc(C3(C(=O)O)CCC3)c21. The number of aromatic nitrogens is 2. The van der Waals surface area contributed by atoms with Crippen LogP contribution in [0, 0.1) is 0 Å². The predicted octanol–water partition coefficient (Wildman–Crippen LogP) is 1.37. The van der Waals surface area contributed by atoms with Crippen LogP contribution in [-0.2, 0) is 17.3 Å². The molecular weight excluding hydrogens is 232 g/mol. The Morgan fingerprint density at radius 1 is 1.44 bits per heavy atom. The molecule has 18 heavy (non-hydrogen) atoms. The van der Waals surface area contributed by atoms with Crippen LogP contribution in [0.15, 0.2) is 23.0 Å². The number of imidazole rings is 1. The molecule has 1 saturated carbocycles. The molecule has 0 spiro atoms. The number of carboxylic acids is 1. The van der Waals surface area contributed by atoms with Crippen LogP contribution in [0.25, 0.3) is 11.0 Å². The summed E-state index contributed by atoms with van der Waals surface area (Å²) in [6.07, 6.45) is 2.20. The van der Waals surface area contributed by atoms with Crippen LogP contribution in [0.2, 0.25) is 0 Å². The van der Waals surface area contributed by atoms with Gasteiger partial charge in [-0.25, -0.2) is 4.79 Å². The molecule has 0 bridgehead atoms. The minimum absolute atomic E-state index is 0.211. The highest BCUT2D eigenvalue weighted by Crippen LogP contribution is 2.45. The zero-order chi connectivity index (χ0) is 12.9.